The quantitative estimate of drug-likeness (QED) is 0.653. The van der Waals surface area contributed by atoms with E-state index in [4.69, 9.17) is 9.47 Å². The van der Waals surface area contributed by atoms with Gasteiger partial charge in [0.15, 0.2) is 0 Å². The Bertz CT molecular complexity index is 691. The van der Waals surface area contributed by atoms with Crippen LogP contribution >= 0.6 is 0 Å². The SMILES string of the molecule is CN(CC(=O)OC(C)(C)C)C(=O)C1CCN(C(=O)CCOc2ccccc2)CC1. The van der Waals surface area contributed by atoms with Gasteiger partial charge in [-0.15, -0.1) is 0 Å². The van der Waals surface area contributed by atoms with Crippen molar-refractivity contribution in [3.63, 3.8) is 0 Å². The monoisotopic (exact) mass is 404 g/mol. The Morgan fingerprint density at radius 2 is 1.72 bits per heavy atom. The molecule has 0 spiro atoms. The van der Waals surface area contributed by atoms with Crippen molar-refractivity contribution in [3.8, 4) is 5.75 Å². The lowest BCUT2D eigenvalue weighted by atomic mass is 9.95. The highest BCUT2D eigenvalue weighted by Gasteiger charge is 2.30. The van der Waals surface area contributed by atoms with E-state index in [1.165, 1.54) is 4.90 Å². The van der Waals surface area contributed by atoms with Crippen molar-refractivity contribution in [2.75, 3.05) is 33.3 Å². The van der Waals surface area contributed by atoms with E-state index in [0.29, 0.717) is 39.0 Å². The van der Waals surface area contributed by atoms with Crippen LogP contribution in [-0.4, -0.2) is 66.5 Å². The van der Waals surface area contributed by atoms with Crippen molar-refractivity contribution in [2.45, 2.75) is 45.6 Å². The lowest BCUT2D eigenvalue weighted by molar-refractivity contribution is -0.159. The maximum Gasteiger partial charge on any atom is 0.326 e. The van der Waals surface area contributed by atoms with Gasteiger partial charge < -0.3 is 19.3 Å². The molecule has 0 N–H and O–H groups in total. The Morgan fingerprint density at radius 1 is 1.10 bits per heavy atom. The van der Waals surface area contributed by atoms with Gasteiger partial charge in [-0.3, -0.25) is 14.4 Å². The molecule has 0 saturated carbocycles. The Balaban J connectivity index is 1.71. The van der Waals surface area contributed by atoms with Crippen LogP contribution in [0.1, 0.15) is 40.0 Å². The van der Waals surface area contributed by atoms with Crippen molar-refractivity contribution < 1.29 is 23.9 Å². The summed E-state index contributed by atoms with van der Waals surface area (Å²) in [5.41, 5.74) is -0.573. The van der Waals surface area contributed by atoms with Gasteiger partial charge in [0.2, 0.25) is 11.8 Å². The van der Waals surface area contributed by atoms with E-state index in [1.807, 2.05) is 30.3 Å². The van der Waals surface area contributed by atoms with Gasteiger partial charge in [0, 0.05) is 26.1 Å². The zero-order valence-corrected chi connectivity index (χ0v) is 17.8. The summed E-state index contributed by atoms with van der Waals surface area (Å²) >= 11 is 0. The third-order valence-electron chi connectivity index (χ3n) is 4.69. The molecule has 7 heteroatoms. The molecule has 1 aliphatic heterocycles. The minimum Gasteiger partial charge on any atom is -0.493 e. The van der Waals surface area contributed by atoms with Crippen molar-refractivity contribution in [1.29, 1.82) is 0 Å². The van der Waals surface area contributed by atoms with Crippen LogP contribution < -0.4 is 4.74 Å². The third-order valence-corrected chi connectivity index (χ3v) is 4.69. The molecule has 0 bridgehead atoms. The van der Waals surface area contributed by atoms with Gasteiger partial charge in [0.25, 0.3) is 0 Å². The molecule has 1 aromatic rings. The first-order chi connectivity index (χ1) is 13.7. The normalized spacial score (nSPS) is 15.0. The number of hydrogen-bond acceptors (Lipinski definition) is 5. The number of piperidine rings is 1. The van der Waals surface area contributed by atoms with E-state index in [9.17, 15) is 14.4 Å². The molecule has 1 aliphatic rings. The van der Waals surface area contributed by atoms with Crippen molar-refractivity contribution in [3.05, 3.63) is 30.3 Å². The van der Waals surface area contributed by atoms with E-state index in [1.54, 1.807) is 32.7 Å². The molecule has 1 aromatic carbocycles. The zero-order chi connectivity index (χ0) is 21.4. The first-order valence-corrected chi connectivity index (χ1v) is 10.1. The number of carbonyl (C=O) groups excluding carboxylic acids is 3. The van der Waals surface area contributed by atoms with Gasteiger partial charge in [-0.25, -0.2) is 0 Å². The molecular weight excluding hydrogens is 372 g/mol. The van der Waals surface area contributed by atoms with Crippen molar-refractivity contribution >= 4 is 17.8 Å². The molecule has 0 aliphatic carbocycles. The molecule has 29 heavy (non-hydrogen) atoms. The molecule has 2 amide bonds. The van der Waals surface area contributed by atoms with Gasteiger partial charge in [-0.2, -0.15) is 0 Å². The summed E-state index contributed by atoms with van der Waals surface area (Å²) in [4.78, 5) is 40.1. The lowest BCUT2D eigenvalue weighted by Crippen LogP contribution is -2.45. The number of rotatable bonds is 7. The Labute approximate surface area is 172 Å². The van der Waals surface area contributed by atoms with Gasteiger partial charge >= 0.3 is 5.97 Å². The van der Waals surface area contributed by atoms with Crippen molar-refractivity contribution in [2.24, 2.45) is 5.92 Å². The molecule has 0 unspecified atom stereocenters. The summed E-state index contributed by atoms with van der Waals surface area (Å²) in [5, 5.41) is 0. The first kappa shape index (κ1) is 22.7. The average molecular weight is 405 g/mol. The third kappa shape index (κ3) is 7.75. The summed E-state index contributed by atoms with van der Waals surface area (Å²) < 4.78 is 10.8. The fraction of sp³-hybridized carbons (Fsp3) is 0.591. The minimum atomic E-state index is -0.573. The number of para-hydroxylation sites is 1. The molecule has 1 saturated heterocycles. The second kappa shape index (κ2) is 10.3. The van der Waals surface area contributed by atoms with E-state index in [2.05, 4.69) is 0 Å². The number of esters is 1. The highest BCUT2D eigenvalue weighted by molar-refractivity contribution is 5.84. The first-order valence-electron chi connectivity index (χ1n) is 10.1. The molecular formula is C22H32N2O5. The summed E-state index contributed by atoms with van der Waals surface area (Å²) in [7, 11) is 1.62. The van der Waals surface area contributed by atoms with Crippen LogP contribution in [0.3, 0.4) is 0 Å². The number of amides is 2. The molecule has 2 rings (SSSR count). The smallest absolute Gasteiger partial charge is 0.326 e. The van der Waals surface area contributed by atoms with E-state index in [0.717, 1.165) is 5.75 Å². The summed E-state index contributed by atoms with van der Waals surface area (Å²) in [6.45, 7) is 6.74. The Hall–Kier alpha value is -2.57. The van der Waals surface area contributed by atoms with Crippen LogP contribution in [0.25, 0.3) is 0 Å². The predicted molar refractivity (Wildman–Crippen MR) is 109 cm³/mol. The summed E-state index contributed by atoms with van der Waals surface area (Å²) in [6.07, 6.45) is 1.51. The van der Waals surface area contributed by atoms with E-state index < -0.39 is 11.6 Å². The maximum absolute atomic E-state index is 12.6. The standard InChI is InChI=1S/C22H32N2O5/c1-22(2,3)29-20(26)16-23(4)21(27)17-10-13-24(14-11-17)19(25)12-15-28-18-8-6-5-7-9-18/h5-9,17H,10-16H2,1-4H3. The molecule has 0 aromatic heterocycles. The largest absolute Gasteiger partial charge is 0.493 e. The Kier molecular flexibility index (Phi) is 8.05. The number of likely N-dealkylation sites (N-methyl/N-ethyl adjacent to an activating group) is 1. The molecule has 160 valence electrons. The average Bonchev–Trinajstić information content (AvgIpc) is 2.66. The van der Waals surface area contributed by atoms with Gasteiger partial charge in [-0.05, 0) is 45.7 Å². The highest BCUT2D eigenvalue weighted by Crippen LogP contribution is 2.20. The van der Waals surface area contributed by atoms with Crippen LogP contribution in [0, 0.1) is 5.92 Å². The fourth-order valence-electron chi connectivity index (χ4n) is 3.26. The fourth-order valence-corrected chi connectivity index (χ4v) is 3.26. The van der Waals surface area contributed by atoms with Gasteiger partial charge in [0.1, 0.15) is 17.9 Å². The summed E-state index contributed by atoms with van der Waals surface area (Å²) in [6, 6.07) is 9.40. The molecule has 1 heterocycles. The number of ether oxygens (including phenoxy) is 2. The molecule has 7 nitrogen and oxygen atoms in total. The number of nitrogens with zero attached hydrogens (tertiary/aromatic N) is 2. The number of carbonyl (C=O) groups is 3. The number of benzene rings is 1. The van der Waals surface area contributed by atoms with Crippen LogP contribution in [0.5, 0.6) is 5.75 Å². The van der Waals surface area contributed by atoms with Crippen LogP contribution in [0.4, 0.5) is 0 Å². The van der Waals surface area contributed by atoms with Gasteiger partial charge in [0.05, 0.1) is 13.0 Å². The number of likely N-dealkylation sites (tertiary alicyclic amines) is 1. The maximum atomic E-state index is 12.6. The second-order valence-corrected chi connectivity index (χ2v) is 8.35. The molecule has 1 fully saturated rings. The van der Waals surface area contributed by atoms with E-state index in [-0.39, 0.29) is 24.3 Å². The van der Waals surface area contributed by atoms with Crippen LogP contribution in [0.2, 0.25) is 0 Å². The predicted octanol–water partition coefficient (Wildman–Crippen LogP) is 2.49. The summed E-state index contributed by atoms with van der Waals surface area (Å²) in [5.74, 6) is 0.119. The minimum absolute atomic E-state index is 0.0361. The van der Waals surface area contributed by atoms with Crippen LogP contribution in [0.15, 0.2) is 30.3 Å². The Morgan fingerprint density at radius 3 is 2.31 bits per heavy atom. The van der Waals surface area contributed by atoms with E-state index >= 15 is 0 Å². The second-order valence-electron chi connectivity index (χ2n) is 8.35. The van der Waals surface area contributed by atoms with Crippen molar-refractivity contribution in [1.82, 2.24) is 9.80 Å². The zero-order valence-electron chi connectivity index (χ0n) is 17.8. The van der Waals surface area contributed by atoms with Crippen LogP contribution in [-0.2, 0) is 19.1 Å². The topological polar surface area (TPSA) is 76.2 Å². The lowest BCUT2D eigenvalue weighted by Gasteiger charge is -2.33. The molecule has 0 atom stereocenters. The number of hydrogen-bond donors (Lipinski definition) is 0. The van der Waals surface area contributed by atoms with Gasteiger partial charge in [-0.1, -0.05) is 18.2 Å². The molecule has 0 radical (unpaired) electrons. The highest BCUT2D eigenvalue weighted by atomic mass is 16.6.